The van der Waals surface area contributed by atoms with Crippen molar-refractivity contribution in [1.82, 2.24) is 4.98 Å². The molecule has 0 unspecified atom stereocenters. The lowest BCUT2D eigenvalue weighted by atomic mass is 10.0. The molecule has 0 N–H and O–H groups in total. The highest BCUT2D eigenvalue weighted by atomic mass is 14.7. The van der Waals surface area contributed by atoms with Crippen LogP contribution in [0.3, 0.4) is 0 Å². The maximum Gasteiger partial charge on any atom is 0.0435 e. The highest BCUT2D eigenvalue weighted by Crippen LogP contribution is 2.22. The van der Waals surface area contributed by atoms with E-state index in [1.807, 2.05) is 6.20 Å². The van der Waals surface area contributed by atoms with Crippen LogP contribution in [0, 0.1) is 6.92 Å². The minimum absolute atomic E-state index is 0.477. The molecule has 0 radical (unpaired) electrons. The van der Waals surface area contributed by atoms with E-state index in [0.717, 1.165) is 5.69 Å². The van der Waals surface area contributed by atoms with Crippen LogP contribution < -0.4 is 0 Å². The summed E-state index contributed by atoms with van der Waals surface area (Å²) in [6.45, 7) is 6.44. The fourth-order valence-electron chi connectivity index (χ4n) is 1.69. The van der Waals surface area contributed by atoms with Crippen molar-refractivity contribution in [3.63, 3.8) is 0 Å². The molecule has 0 amide bonds. The van der Waals surface area contributed by atoms with E-state index < -0.39 is 0 Å². The van der Waals surface area contributed by atoms with Gasteiger partial charge in [-0.2, -0.15) is 0 Å². The molecule has 1 aromatic carbocycles. The summed E-state index contributed by atoms with van der Waals surface area (Å²) in [6.07, 6.45) is 1.89. The number of rotatable bonds is 2. The summed E-state index contributed by atoms with van der Waals surface area (Å²) >= 11 is 0. The summed E-state index contributed by atoms with van der Waals surface area (Å²) in [7, 11) is 0. The van der Waals surface area contributed by atoms with E-state index in [-0.39, 0.29) is 0 Å². The molecule has 0 aliphatic carbocycles. The number of pyridine rings is 1. The van der Waals surface area contributed by atoms with Crippen molar-refractivity contribution in [1.29, 1.82) is 0 Å². The second-order valence-corrected chi connectivity index (χ2v) is 4.49. The van der Waals surface area contributed by atoms with Crippen LogP contribution >= 0.6 is 0 Å². The number of benzene rings is 1. The fourth-order valence-corrected chi connectivity index (χ4v) is 1.69. The first-order valence-corrected chi connectivity index (χ1v) is 5.70. The van der Waals surface area contributed by atoms with Crippen molar-refractivity contribution in [2.45, 2.75) is 26.7 Å². The number of hydrogen-bond donors (Lipinski definition) is 0. The van der Waals surface area contributed by atoms with E-state index >= 15 is 0 Å². The first-order valence-electron chi connectivity index (χ1n) is 5.70. The Bertz CT molecular complexity index is 469. The minimum Gasteiger partial charge on any atom is -0.261 e. The molecule has 16 heavy (non-hydrogen) atoms. The zero-order valence-corrected chi connectivity index (χ0v) is 10.1. The number of aryl methyl sites for hydroxylation is 1. The van der Waals surface area contributed by atoms with Gasteiger partial charge in [0.1, 0.15) is 0 Å². The molecule has 0 saturated heterocycles. The Labute approximate surface area is 97.2 Å². The second-order valence-electron chi connectivity index (χ2n) is 4.49. The van der Waals surface area contributed by atoms with Crippen LogP contribution in [0.1, 0.15) is 31.0 Å². The monoisotopic (exact) mass is 211 g/mol. The molecule has 0 spiro atoms. The summed E-state index contributed by atoms with van der Waals surface area (Å²) in [5.41, 5.74) is 4.95. The molecule has 2 aromatic rings. The predicted molar refractivity (Wildman–Crippen MR) is 68.5 cm³/mol. The predicted octanol–water partition coefficient (Wildman–Crippen LogP) is 4.18. The molecule has 0 aliphatic heterocycles. The van der Waals surface area contributed by atoms with E-state index in [4.69, 9.17) is 0 Å². The maximum atomic E-state index is 4.38. The third-order valence-electron chi connectivity index (χ3n) is 2.76. The number of hydrogen-bond acceptors (Lipinski definition) is 1. The van der Waals surface area contributed by atoms with Gasteiger partial charge in [-0.15, -0.1) is 0 Å². The molecular weight excluding hydrogens is 194 g/mol. The third kappa shape index (κ3) is 2.30. The van der Waals surface area contributed by atoms with Gasteiger partial charge in [0.15, 0.2) is 0 Å². The zero-order valence-electron chi connectivity index (χ0n) is 10.1. The summed E-state index contributed by atoms with van der Waals surface area (Å²) in [4.78, 5) is 4.38. The van der Waals surface area contributed by atoms with E-state index in [9.17, 15) is 0 Å². The molecule has 82 valence electrons. The first-order chi connectivity index (χ1) is 7.66. The SMILES string of the molecule is Cc1ccc(-c2ccnc(C(C)C)c2)cc1. The van der Waals surface area contributed by atoms with E-state index in [1.165, 1.54) is 16.7 Å². The Balaban J connectivity index is 2.40. The van der Waals surface area contributed by atoms with Crippen LogP contribution in [0.2, 0.25) is 0 Å². The molecule has 1 nitrogen and oxygen atoms in total. The third-order valence-corrected chi connectivity index (χ3v) is 2.76. The quantitative estimate of drug-likeness (QED) is 0.726. The Kier molecular flexibility index (Phi) is 3.04. The van der Waals surface area contributed by atoms with Crippen LogP contribution in [-0.4, -0.2) is 4.98 Å². The van der Waals surface area contributed by atoms with Crippen molar-refractivity contribution in [3.05, 3.63) is 53.9 Å². The van der Waals surface area contributed by atoms with Gasteiger partial charge in [-0.3, -0.25) is 4.98 Å². The Morgan fingerprint density at radius 2 is 1.62 bits per heavy atom. The maximum absolute atomic E-state index is 4.38. The van der Waals surface area contributed by atoms with Gasteiger partial charge in [0.25, 0.3) is 0 Å². The topological polar surface area (TPSA) is 12.9 Å². The summed E-state index contributed by atoms with van der Waals surface area (Å²) in [5, 5.41) is 0. The first kappa shape index (κ1) is 10.9. The molecule has 0 fully saturated rings. The Morgan fingerprint density at radius 1 is 0.938 bits per heavy atom. The molecule has 0 atom stereocenters. The van der Waals surface area contributed by atoms with Gasteiger partial charge in [-0.25, -0.2) is 0 Å². The minimum atomic E-state index is 0.477. The molecule has 0 aliphatic rings. The lowest BCUT2D eigenvalue weighted by molar-refractivity contribution is 0.823. The molecule has 0 saturated carbocycles. The van der Waals surface area contributed by atoms with Crippen LogP contribution in [0.15, 0.2) is 42.6 Å². The molecular formula is C15H17N. The van der Waals surface area contributed by atoms with Gasteiger partial charge in [0.05, 0.1) is 0 Å². The Hall–Kier alpha value is -1.63. The van der Waals surface area contributed by atoms with Crippen LogP contribution in [0.4, 0.5) is 0 Å². The largest absolute Gasteiger partial charge is 0.261 e. The smallest absolute Gasteiger partial charge is 0.0435 e. The van der Waals surface area contributed by atoms with Crippen LogP contribution in [0.25, 0.3) is 11.1 Å². The van der Waals surface area contributed by atoms with E-state index in [1.54, 1.807) is 0 Å². The molecule has 1 heteroatoms. The van der Waals surface area contributed by atoms with Gasteiger partial charge in [-0.05, 0) is 36.1 Å². The number of aromatic nitrogens is 1. The lowest BCUT2D eigenvalue weighted by Crippen LogP contribution is -1.92. The van der Waals surface area contributed by atoms with Gasteiger partial charge in [-0.1, -0.05) is 43.7 Å². The van der Waals surface area contributed by atoms with Crippen LogP contribution in [-0.2, 0) is 0 Å². The molecule has 1 heterocycles. The van der Waals surface area contributed by atoms with Crippen molar-refractivity contribution in [3.8, 4) is 11.1 Å². The van der Waals surface area contributed by atoms with Crippen molar-refractivity contribution < 1.29 is 0 Å². The molecule has 0 bridgehead atoms. The van der Waals surface area contributed by atoms with E-state index in [0.29, 0.717) is 5.92 Å². The highest BCUT2D eigenvalue weighted by molar-refractivity contribution is 5.63. The highest BCUT2D eigenvalue weighted by Gasteiger charge is 2.03. The van der Waals surface area contributed by atoms with Gasteiger partial charge in [0, 0.05) is 11.9 Å². The molecule has 1 aromatic heterocycles. The van der Waals surface area contributed by atoms with Gasteiger partial charge < -0.3 is 0 Å². The van der Waals surface area contributed by atoms with Crippen LogP contribution in [0.5, 0.6) is 0 Å². The average Bonchev–Trinajstić information content (AvgIpc) is 2.30. The summed E-state index contributed by atoms with van der Waals surface area (Å²) < 4.78 is 0. The zero-order chi connectivity index (χ0) is 11.5. The second kappa shape index (κ2) is 4.48. The van der Waals surface area contributed by atoms with Gasteiger partial charge >= 0.3 is 0 Å². The van der Waals surface area contributed by atoms with Crippen molar-refractivity contribution in [2.75, 3.05) is 0 Å². The van der Waals surface area contributed by atoms with Crippen molar-refractivity contribution in [2.24, 2.45) is 0 Å². The lowest BCUT2D eigenvalue weighted by Gasteiger charge is -2.07. The average molecular weight is 211 g/mol. The summed E-state index contributed by atoms with van der Waals surface area (Å²) in [5.74, 6) is 0.477. The fraction of sp³-hybridized carbons (Fsp3) is 0.267. The Morgan fingerprint density at radius 3 is 2.25 bits per heavy atom. The molecule has 2 rings (SSSR count). The normalized spacial score (nSPS) is 10.8. The number of nitrogens with zero attached hydrogens (tertiary/aromatic N) is 1. The van der Waals surface area contributed by atoms with Crippen molar-refractivity contribution >= 4 is 0 Å². The standard InChI is InChI=1S/C15H17N/c1-11(2)15-10-14(8-9-16-15)13-6-4-12(3)5-7-13/h4-11H,1-3H3. The van der Waals surface area contributed by atoms with Gasteiger partial charge in [0.2, 0.25) is 0 Å². The summed E-state index contributed by atoms with van der Waals surface area (Å²) in [6, 6.07) is 12.9. The van der Waals surface area contributed by atoms with E-state index in [2.05, 4.69) is 62.2 Å².